The molecule has 4 nitrogen and oxygen atoms in total. The molecule has 0 saturated carbocycles. The van der Waals surface area contributed by atoms with Crippen molar-refractivity contribution in [3.05, 3.63) is 17.3 Å². The van der Waals surface area contributed by atoms with Crippen LogP contribution in [-0.2, 0) is 4.74 Å². The standard InChI is InChI=1S/C7H6ClFN2O2/c8-7-10-1-5(9)6(11-7)13-4-2-12-3-4/h1,4H,2-3H2. The van der Waals surface area contributed by atoms with E-state index >= 15 is 0 Å². The average molecular weight is 205 g/mol. The lowest BCUT2D eigenvalue weighted by Gasteiger charge is -2.25. The first kappa shape index (κ1) is 8.65. The zero-order chi connectivity index (χ0) is 9.26. The number of hydrogen-bond donors (Lipinski definition) is 0. The smallest absolute Gasteiger partial charge is 0.255 e. The molecule has 0 amide bonds. The van der Waals surface area contributed by atoms with E-state index in [1.54, 1.807) is 0 Å². The van der Waals surface area contributed by atoms with Crippen molar-refractivity contribution in [2.75, 3.05) is 13.2 Å². The van der Waals surface area contributed by atoms with Crippen molar-refractivity contribution in [3.63, 3.8) is 0 Å². The molecular formula is C7H6ClFN2O2. The number of halogens is 2. The van der Waals surface area contributed by atoms with Crippen molar-refractivity contribution < 1.29 is 13.9 Å². The predicted molar refractivity (Wildman–Crippen MR) is 42.2 cm³/mol. The summed E-state index contributed by atoms with van der Waals surface area (Å²) < 4.78 is 22.9. The molecule has 0 aromatic carbocycles. The monoisotopic (exact) mass is 204 g/mol. The molecule has 0 aliphatic carbocycles. The lowest BCUT2D eigenvalue weighted by Crippen LogP contribution is -2.39. The van der Waals surface area contributed by atoms with Gasteiger partial charge in [0.2, 0.25) is 11.1 Å². The van der Waals surface area contributed by atoms with Crippen LogP contribution in [0.25, 0.3) is 0 Å². The Balaban J connectivity index is 2.13. The Hall–Kier alpha value is -0.940. The molecule has 1 saturated heterocycles. The fourth-order valence-corrected chi connectivity index (χ4v) is 0.979. The van der Waals surface area contributed by atoms with Gasteiger partial charge in [0.15, 0.2) is 0 Å². The maximum absolute atomic E-state index is 12.9. The molecule has 1 fully saturated rings. The second-order valence-corrected chi connectivity index (χ2v) is 2.91. The van der Waals surface area contributed by atoms with E-state index in [1.807, 2.05) is 0 Å². The normalized spacial score (nSPS) is 16.8. The minimum Gasteiger partial charge on any atom is -0.467 e. The van der Waals surface area contributed by atoms with Crippen molar-refractivity contribution >= 4 is 11.6 Å². The third kappa shape index (κ3) is 1.87. The van der Waals surface area contributed by atoms with Crippen molar-refractivity contribution in [2.45, 2.75) is 6.10 Å². The number of nitrogens with zero attached hydrogens (tertiary/aromatic N) is 2. The lowest BCUT2D eigenvalue weighted by atomic mass is 10.3. The second-order valence-electron chi connectivity index (χ2n) is 2.57. The van der Waals surface area contributed by atoms with Crippen LogP contribution in [0, 0.1) is 5.82 Å². The Bertz CT molecular complexity index is 319. The summed E-state index contributed by atoms with van der Waals surface area (Å²) in [4.78, 5) is 7.05. The van der Waals surface area contributed by atoms with Gasteiger partial charge in [-0.2, -0.15) is 9.37 Å². The fourth-order valence-electron chi connectivity index (χ4n) is 0.854. The third-order valence-corrected chi connectivity index (χ3v) is 1.75. The summed E-state index contributed by atoms with van der Waals surface area (Å²) in [5, 5.41) is -0.0309. The number of aromatic nitrogens is 2. The van der Waals surface area contributed by atoms with E-state index < -0.39 is 5.82 Å². The molecular weight excluding hydrogens is 199 g/mol. The molecule has 1 aliphatic rings. The number of rotatable bonds is 2. The zero-order valence-corrected chi connectivity index (χ0v) is 7.29. The summed E-state index contributed by atoms with van der Waals surface area (Å²) in [6.07, 6.45) is 0.852. The van der Waals surface area contributed by atoms with Gasteiger partial charge in [0.1, 0.15) is 6.10 Å². The van der Waals surface area contributed by atoms with Crippen LogP contribution in [0.1, 0.15) is 0 Å². The minimum absolute atomic E-state index is 0.0309. The van der Waals surface area contributed by atoms with Gasteiger partial charge in [-0.1, -0.05) is 0 Å². The molecule has 0 spiro atoms. The van der Waals surface area contributed by atoms with Crippen molar-refractivity contribution in [2.24, 2.45) is 0 Å². The van der Waals surface area contributed by atoms with E-state index in [0.29, 0.717) is 13.2 Å². The summed E-state index contributed by atoms with van der Waals surface area (Å²) >= 11 is 5.46. The van der Waals surface area contributed by atoms with Crippen LogP contribution in [-0.4, -0.2) is 29.3 Å². The van der Waals surface area contributed by atoms with Gasteiger partial charge < -0.3 is 9.47 Å². The van der Waals surface area contributed by atoms with Gasteiger partial charge in [-0.25, -0.2) is 4.98 Å². The highest BCUT2D eigenvalue weighted by Gasteiger charge is 2.22. The van der Waals surface area contributed by atoms with E-state index in [0.717, 1.165) is 6.20 Å². The topological polar surface area (TPSA) is 44.2 Å². The predicted octanol–water partition coefficient (Wildman–Crippen LogP) is 1.05. The van der Waals surface area contributed by atoms with Gasteiger partial charge >= 0.3 is 0 Å². The highest BCUT2D eigenvalue weighted by Crippen LogP contribution is 2.18. The van der Waals surface area contributed by atoms with E-state index in [1.165, 1.54) is 0 Å². The Labute approximate surface area is 78.7 Å². The highest BCUT2D eigenvalue weighted by molar-refractivity contribution is 6.28. The summed E-state index contributed by atoms with van der Waals surface area (Å²) in [7, 11) is 0. The van der Waals surface area contributed by atoms with Crippen molar-refractivity contribution in [1.82, 2.24) is 9.97 Å². The fraction of sp³-hybridized carbons (Fsp3) is 0.429. The molecule has 0 atom stereocenters. The van der Waals surface area contributed by atoms with Crippen LogP contribution in [0.3, 0.4) is 0 Å². The van der Waals surface area contributed by atoms with Crippen LogP contribution < -0.4 is 4.74 Å². The first-order valence-corrected chi connectivity index (χ1v) is 4.06. The van der Waals surface area contributed by atoms with E-state index in [4.69, 9.17) is 21.1 Å². The maximum Gasteiger partial charge on any atom is 0.255 e. The highest BCUT2D eigenvalue weighted by atomic mass is 35.5. The molecule has 1 aromatic rings. The van der Waals surface area contributed by atoms with E-state index in [-0.39, 0.29) is 17.3 Å². The largest absolute Gasteiger partial charge is 0.467 e. The lowest BCUT2D eigenvalue weighted by molar-refractivity contribution is -0.0827. The van der Waals surface area contributed by atoms with Crippen LogP contribution in [0.15, 0.2) is 6.20 Å². The SMILES string of the molecule is Fc1cnc(Cl)nc1OC1COC1. The maximum atomic E-state index is 12.9. The number of hydrogen-bond acceptors (Lipinski definition) is 4. The molecule has 70 valence electrons. The summed E-state index contributed by atoms with van der Waals surface area (Å²) in [5.41, 5.74) is 0. The van der Waals surface area contributed by atoms with Crippen molar-refractivity contribution in [3.8, 4) is 5.88 Å². The Morgan fingerprint density at radius 2 is 2.38 bits per heavy atom. The van der Waals surface area contributed by atoms with Crippen molar-refractivity contribution in [1.29, 1.82) is 0 Å². The summed E-state index contributed by atoms with van der Waals surface area (Å²) in [6.45, 7) is 0.919. The number of ether oxygens (including phenoxy) is 2. The van der Waals surface area contributed by atoms with Gasteiger partial charge in [0.05, 0.1) is 19.4 Å². The first-order chi connectivity index (χ1) is 6.25. The zero-order valence-electron chi connectivity index (χ0n) is 6.54. The third-order valence-electron chi connectivity index (χ3n) is 1.57. The van der Waals surface area contributed by atoms with Crippen LogP contribution in [0.2, 0.25) is 5.28 Å². The molecule has 1 aliphatic heterocycles. The second kappa shape index (κ2) is 3.43. The molecule has 13 heavy (non-hydrogen) atoms. The van der Waals surface area contributed by atoms with E-state index in [2.05, 4.69) is 9.97 Å². The van der Waals surface area contributed by atoms with Gasteiger partial charge in [-0.3, -0.25) is 0 Å². The van der Waals surface area contributed by atoms with Crippen LogP contribution >= 0.6 is 11.6 Å². The Morgan fingerprint density at radius 1 is 1.62 bits per heavy atom. The summed E-state index contributed by atoms with van der Waals surface area (Å²) in [5.74, 6) is -0.732. The van der Waals surface area contributed by atoms with Gasteiger partial charge in [0, 0.05) is 0 Å². The molecule has 2 heterocycles. The first-order valence-electron chi connectivity index (χ1n) is 3.68. The molecule has 0 bridgehead atoms. The molecule has 0 N–H and O–H groups in total. The average Bonchev–Trinajstić information content (AvgIpc) is 2.03. The van der Waals surface area contributed by atoms with Gasteiger partial charge in [-0.05, 0) is 11.6 Å². The van der Waals surface area contributed by atoms with E-state index in [9.17, 15) is 4.39 Å². The molecule has 2 rings (SSSR count). The summed E-state index contributed by atoms with van der Waals surface area (Å²) in [6, 6.07) is 0. The molecule has 0 unspecified atom stereocenters. The molecule has 1 aromatic heterocycles. The van der Waals surface area contributed by atoms with Crippen LogP contribution in [0.4, 0.5) is 4.39 Å². The minimum atomic E-state index is -0.615. The molecule has 6 heteroatoms. The van der Waals surface area contributed by atoms with Gasteiger partial charge in [0.25, 0.3) is 5.88 Å². The Morgan fingerprint density at radius 3 is 3.00 bits per heavy atom. The quantitative estimate of drug-likeness (QED) is 0.676. The Kier molecular flexibility index (Phi) is 2.28. The van der Waals surface area contributed by atoms with Crippen LogP contribution in [0.5, 0.6) is 5.88 Å². The van der Waals surface area contributed by atoms with Gasteiger partial charge in [-0.15, -0.1) is 0 Å². The molecule has 0 radical (unpaired) electrons.